The Morgan fingerprint density at radius 1 is 1.31 bits per heavy atom. The van der Waals surface area contributed by atoms with Crippen LogP contribution in [0.2, 0.25) is 0 Å². The monoisotopic (exact) mass is 371 g/mol. The second kappa shape index (κ2) is 6.48. The predicted octanol–water partition coefficient (Wildman–Crippen LogP) is 2.68. The van der Waals surface area contributed by atoms with E-state index < -0.39 is 9.84 Å². The average molecular weight is 371 g/mol. The highest BCUT2D eigenvalue weighted by Crippen LogP contribution is 2.35. The van der Waals surface area contributed by atoms with Crippen molar-refractivity contribution in [3.05, 3.63) is 48.0 Å². The molecule has 0 saturated carbocycles. The molecule has 1 aromatic carbocycles. The third-order valence-corrected chi connectivity index (χ3v) is 6.82. The minimum Gasteiger partial charge on any atom is -0.376 e. The molecule has 3 aromatic rings. The van der Waals surface area contributed by atoms with E-state index in [1.807, 2.05) is 29.9 Å². The molecule has 3 heterocycles. The summed E-state index contributed by atoms with van der Waals surface area (Å²) in [5, 5.41) is 0. The summed E-state index contributed by atoms with van der Waals surface area (Å²) in [6, 6.07) is 6.11. The second-order valence-corrected chi connectivity index (χ2v) is 9.12. The number of benzene rings is 1. The molecule has 0 bridgehead atoms. The van der Waals surface area contributed by atoms with E-state index in [2.05, 4.69) is 16.0 Å². The van der Waals surface area contributed by atoms with Crippen LogP contribution < -0.4 is 0 Å². The summed E-state index contributed by atoms with van der Waals surface area (Å²) in [5.74, 6) is 0.0717. The van der Waals surface area contributed by atoms with Crippen molar-refractivity contribution >= 4 is 20.9 Å². The van der Waals surface area contributed by atoms with Crippen LogP contribution in [0.15, 0.2) is 36.9 Å². The number of nitrogens with zero attached hydrogens (tertiary/aromatic N) is 3. The Balaban J connectivity index is 1.80. The first-order chi connectivity index (χ1) is 12.5. The van der Waals surface area contributed by atoms with Crippen molar-refractivity contribution in [3.63, 3.8) is 0 Å². The summed E-state index contributed by atoms with van der Waals surface area (Å²) in [7, 11) is -1.12. The van der Waals surface area contributed by atoms with Crippen molar-refractivity contribution in [2.45, 2.75) is 19.4 Å². The van der Waals surface area contributed by atoms with Gasteiger partial charge in [0.05, 0.1) is 36.3 Å². The highest BCUT2D eigenvalue weighted by atomic mass is 32.2. The van der Waals surface area contributed by atoms with Gasteiger partial charge in [-0.2, -0.15) is 0 Å². The molecule has 0 fully saturated rings. The van der Waals surface area contributed by atoms with Crippen molar-refractivity contribution in [3.8, 4) is 11.1 Å². The number of imidazole rings is 1. The van der Waals surface area contributed by atoms with Crippen LogP contribution in [0.3, 0.4) is 0 Å². The standard InChI is InChI=1S/C19H21N3O3S/c1-3-26(23,24)11-14-9-25-10-17-15(7-20-8-16(14)17)13-4-5-18-19(6-13)22(2)12-21-18/h4-8,12,14H,3,9-11H2,1-2H3. The Morgan fingerprint density at radius 3 is 2.96 bits per heavy atom. The van der Waals surface area contributed by atoms with E-state index in [0.717, 1.165) is 33.3 Å². The molecular weight excluding hydrogens is 350 g/mol. The fraction of sp³-hybridized carbons (Fsp3) is 0.368. The first-order valence-corrected chi connectivity index (χ1v) is 10.5. The van der Waals surface area contributed by atoms with Gasteiger partial charge in [0.25, 0.3) is 0 Å². The Morgan fingerprint density at radius 2 is 2.15 bits per heavy atom. The summed E-state index contributed by atoms with van der Waals surface area (Å²) < 4.78 is 31.9. The van der Waals surface area contributed by atoms with Crippen LogP contribution in [0.1, 0.15) is 24.0 Å². The SMILES string of the molecule is CCS(=O)(=O)CC1COCc2c(-c3ccc4ncn(C)c4c3)cncc21. The number of hydrogen-bond acceptors (Lipinski definition) is 5. The molecule has 4 rings (SSSR count). The molecule has 0 spiro atoms. The van der Waals surface area contributed by atoms with Gasteiger partial charge in [-0.25, -0.2) is 13.4 Å². The topological polar surface area (TPSA) is 74.1 Å². The predicted molar refractivity (Wildman–Crippen MR) is 101 cm³/mol. The van der Waals surface area contributed by atoms with Crippen molar-refractivity contribution in [2.75, 3.05) is 18.1 Å². The van der Waals surface area contributed by atoms with Crippen molar-refractivity contribution in [1.29, 1.82) is 0 Å². The third-order valence-electron chi connectivity index (χ3n) is 5.03. The van der Waals surface area contributed by atoms with Crippen LogP contribution in [0.4, 0.5) is 0 Å². The van der Waals surface area contributed by atoms with Gasteiger partial charge in [0.2, 0.25) is 0 Å². The van der Waals surface area contributed by atoms with Gasteiger partial charge in [0, 0.05) is 36.7 Å². The lowest BCUT2D eigenvalue weighted by molar-refractivity contribution is 0.0958. The summed E-state index contributed by atoms with van der Waals surface area (Å²) in [4.78, 5) is 8.76. The number of sulfone groups is 1. The van der Waals surface area contributed by atoms with Crippen LogP contribution in [0, 0.1) is 0 Å². The first-order valence-electron chi connectivity index (χ1n) is 8.65. The zero-order valence-electron chi connectivity index (χ0n) is 14.8. The maximum absolute atomic E-state index is 12.1. The number of fused-ring (bicyclic) bond motifs is 2. The molecule has 7 heteroatoms. The first kappa shape index (κ1) is 17.2. The fourth-order valence-corrected chi connectivity index (χ4v) is 4.64. The summed E-state index contributed by atoms with van der Waals surface area (Å²) in [6.45, 7) is 2.56. The summed E-state index contributed by atoms with van der Waals surface area (Å²) >= 11 is 0. The van der Waals surface area contributed by atoms with Crippen LogP contribution in [0.25, 0.3) is 22.2 Å². The van der Waals surface area contributed by atoms with E-state index in [9.17, 15) is 8.42 Å². The molecule has 1 unspecified atom stereocenters. The zero-order valence-corrected chi connectivity index (χ0v) is 15.7. The van der Waals surface area contributed by atoms with Crippen LogP contribution in [0.5, 0.6) is 0 Å². The smallest absolute Gasteiger partial charge is 0.150 e. The number of aromatic nitrogens is 3. The molecule has 1 atom stereocenters. The minimum absolute atomic E-state index is 0.0996. The van der Waals surface area contributed by atoms with Gasteiger partial charge in [0.15, 0.2) is 9.84 Å². The molecule has 1 aliphatic rings. The molecular formula is C19H21N3O3S. The van der Waals surface area contributed by atoms with Gasteiger partial charge in [-0.05, 0) is 28.8 Å². The zero-order chi connectivity index (χ0) is 18.3. The van der Waals surface area contributed by atoms with Crippen LogP contribution in [-0.4, -0.2) is 41.1 Å². The highest BCUT2D eigenvalue weighted by molar-refractivity contribution is 7.91. The lowest BCUT2D eigenvalue weighted by Crippen LogP contribution is -2.25. The van der Waals surface area contributed by atoms with Gasteiger partial charge in [0.1, 0.15) is 0 Å². The van der Waals surface area contributed by atoms with Crippen LogP contribution in [-0.2, 0) is 28.2 Å². The molecule has 136 valence electrons. The lowest BCUT2D eigenvalue weighted by Gasteiger charge is -2.27. The normalized spacial score (nSPS) is 17.4. The van der Waals surface area contributed by atoms with Gasteiger partial charge in [-0.3, -0.25) is 4.98 Å². The van der Waals surface area contributed by atoms with E-state index in [0.29, 0.717) is 13.2 Å². The molecule has 1 aliphatic heterocycles. The van der Waals surface area contributed by atoms with Gasteiger partial charge in [-0.1, -0.05) is 13.0 Å². The molecule has 2 aromatic heterocycles. The number of ether oxygens (including phenoxy) is 1. The second-order valence-electron chi connectivity index (χ2n) is 6.72. The Kier molecular flexibility index (Phi) is 4.28. The minimum atomic E-state index is -3.09. The van der Waals surface area contributed by atoms with Crippen LogP contribution >= 0.6 is 0 Å². The highest BCUT2D eigenvalue weighted by Gasteiger charge is 2.27. The van der Waals surface area contributed by atoms with Crippen molar-refractivity contribution in [1.82, 2.24) is 14.5 Å². The molecule has 0 aliphatic carbocycles. The van der Waals surface area contributed by atoms with E-state index in [-0.39, 0.29) is 17.4 Å². The molecule has 6 nitrogen and oxygen atoms in total. The molecule has 26 heavy (non-hydrogen) atoms. The van der Waals surface area contributed by atoms with E-state index in [1.54, 1.807) is 19.4 Å². The Labute approximate surface area is 152 Å². The van der Waals surface area contributed by atoms with Gasteiger partial charge < -0.3 is 9.30 Å². The molecule has 0 radical (unpaired) electrons. The number of pyridine rings is 1. The maximum Gasteiger partial charge on any atom is 0.150 e. The van der Waals surface area contributed by atoms with Gasteiger partial charge >= 0.3 is 0 Å². The van der Waals surface area contributed by atoms with Crippen molar-refractivity contribution < 1.29 is 13.2 Å². The molecule has 0 saturated heterocycles. The summed E-state index contributed by atoms with van der Waals surface area (Å²) in [5.41, 5.74) is 6.02. The third kappa shape index (κ3) is 3.01. The average Bonchev–Trinajstić information content (AvgIpc) is 3.02. The largest absolute Gasteiger partial charge is 0.376 e. The molecule has 0 amide bonds. The van der Waals surface area contributed by atoms with E-state index in [4.69, 9.17) is 4.74 Å². The lowest BCUT2D eigenvalue weighted by atomic mass is 9.91. The quantitative estimate of drug-likeness (QED) is 0.705. The number of rotatable bonds is 4. The number of aryl methyl sites for hydroxylation is 1. The van der Waals surface area contributed by atoms with E-state index in [1.165, 1.54) is 0 Å². The Bertz CT molecular complexity index is 1070. The van der Waals surface area contributed by atoms with E-state index >= 15 is 0 Å². The number of hydrogen-bond donors (Lipinski definition) is 0. The molecule has 0 N–H and O–H groups in total. The summed E-state index contributed by atoms with van der Waals surface area (Å²) in [6.07, 6.45) is 5.41. The van der Waals surface area contributed by atoms with Crippen molar-refractivity contribution in [2.24, 2.45) is 7.05 Å². The maximum atomic E-state index is 12.1. The fourth-order valence-electron chi connectivity index (χ4n) is 3.51. The van der Waals surface area contributed by atoms with Gasteiger partial charge in [-0.15, -0.1) is 0 Å². The Hall–Kier alpha value is -2.25.